The molecule has 1 nitrogen and oxygen atoms in total. The maximum Gasteiger partial charge on any atom is 0.0167 e. The van der Waals surface area contributed by atoms with Crippen molar-refractivity contribution in [2.24, 2.45) is 11.8 Å². The highest BCUT2D eigenvalue weighted by Gasteiger charge is 2.08. The Morgan fingerprint density at radius 1 is 1.05 bits per heavy atom. The van der Waals surface area contributed by atoms with E-state index in [9.17, 15) is 0 Å². The third-order valence-corrected chi connectivity index (χ3v) is 3.41. The molecule has 1 N–H and O–H groups in total. The van der Waals surface area contributed by atoms with E-state index in [4.69, 9.17) is 0 Å². The number of hydrogen-bond donors (Lipinski definition) is 1. The van der Waals surface area contributed by atoms with E-state index in [1.165, 1.54) is 11.1 Å². The Hall–Kier alpha value is -1.08. The lowest BCUT2D eigenvalue weighted by Crippen LogP contribution is -2.24. The van der Waals surface area contributed by atoms with Crippen LogP contribution < -0.4 is 5.32 Å². The monoisotopic (exact) mass is 259 g/mol. The van der Waals surface area contributed by atoms with Crippen LogP contribution in [0.25, 0.3) is 0 Å². The van der Waals surface area contributed by atoms with Gasteiger partial charge in [-0.05, 0) is 29.9 Å². The van der Waals surface area contributed by atoms with Crippen molar-refractivity contribution in [2.45, 2.75) is 40.5 Å². The van der Waals surface area contributed by atoms with Crippen molar-refractivity contribution in [3.63, 3.8) is 0 Å². The predicted molar refractivity (Wildman–Crippen MR) is 85.5 cm³/mol. The van der Waals surface area contributed by atoms with Crippen LogP contribution in [-0.2, 0) is 0 Å². The third-order valence-electron chi connectivity index (χ3n) is 3.41. The summed E-state index contributed by atoms with van der Waals surface area (Å²) in [5, 5.41) is 3.55. The quantitative estimate of drug-likeness (QED) is 0.705. The van der Waals surface area contributed by atoms with Gasteiger partial charge in [-0.15, -0.1) is 0 Å². The molecule has 0 aromatic heterocycles. The number of hydrogen-bond acceptors (Lipinski definition) is 1. The summed E-state index contributed by atoms with van der Waals surface area (Å²) >= 11 is 0. The Labute approximate surface area is 119 Å². The van der Waals surface area contributed by atoms with Gasteiger partial charge < -0.3 is 5.32 Å². The molecular weight excluding hydrogens is 230 g/mol. The fourth-order valence-electron chi connectivity index (χ4n) is 2.13. The van der Waals surface area contributed by atoms with Crippen molar-refractivity contribution < 1.29 is 0 Å². The molecule has 0 aliphatic rings. The average Bonchev–Trinajstić information content (AvgIpc) is 2.37. The summed E-state index contributed by atoms with van der Waals surface area (Å²) < 4.78 is 0. The zero-order valence-electron chi connectivity index (χ0n) is 13.1. The largest absolute Gasteiger partial charge is 0.313 e. The van der Waals surface area contributed by atoms with Gasteiger partial charge in [0.15, 0.2) is 0 Å². The van der Waals surface area contributed by atoms with E-state index in [0.717, 1.165) is 13.1 Å². The summed E-state index contributed by atoms with van der Waals surface area (Å²) in [4.78, 5) is 0. The SMILES string of the molecule is CC(C)CNC/C(=C/C(C)c1ccccc1)C(C)C. The van der Waals surface area contributed by atoms with Crippen LogP contribution in [0.2, 0.25) is 0 Å². The Bertz CT molecular complexity index is 376. The molecular formula is C18H29N. The van der Waals surface area contributed by atoms with Gasteiger partial charge in [0.1, 0.15) is 0 Å². The van der Waals surface area contributed by atoms with Gasteiger partial charge in [-0.1, -0.05) is 76.6 Å². The van der Waals surface area contributed by atoms with Gasteiger partial charge in [-0.2, -0.15) is 0 Å². The van der Waals surface area contributed by atoms with Crippen molar-refractivity contribution in [2.75, 3.05) is 13.1 Å². The highest BCUT2D eigenvalue weighted by molar-refractivity contribution is 5.25. The van der Waals surface area contributed by atoms with Gasteiger partial charge in [0.05, 0.1) is 0 Å². The van der Waals surface area contributed by atoms with E-state index in [0.29, 0.717) is 17.8 Å². The van der Waals surface area contributed by atoms with E-state index >= 15 is 0 Å². The van der Waals surface area contributed by atoms with Gasteiger partial charge in [0.2, 0.25) is 0 Å². The molecule has 1 heteroatoms. The molecule has 0 radical (unpaired) electrons. The molecule has 0 heterocycles. The lowest BCUT2D eigenvalue weighted by Gasteiger charge is -2.17. The minimum atomic E-state index is 0.486. The molecule has 106 valence electrons. The van der Waals surface area contributed by atoms with E-state index in [1.807, 2.05) is 0 Å². The van der Waals surface area contributed by atoms with E-state index < -0.39 is 0 Å². The van der Waals surface area contributed by atoms with Gasteiger partial charge >= 0.3 is 0 Å². The molecule has 0 amide bonds. The maximum atomic E-state index is 3.55. The van der Waals surface area contributed by atoms with Crippen molar-refractivity contribution in [3.8, 4) is 0 Å². The zero-order chi connectivity index (χ0) is 14.3. The first kappa shape index (κ1) is 16.0. The second kappa shape index (κ2) is 8.16. The molecule has 0 spiro atoms. The second-order valence-electron chi connectivity index (χ2n) is 6.12. The van der Waals surface area contributed by atoms with Crippen molar-refractivity contribution >= 4 is 0 Å². The van der Waals surface area contributed by atoms with E-state index in [-0.39, 0.29) is 0 Å². The van der Waals surface area contributed by atoms with Crippen molar-refractivity contribution in [1.82, 2.24) is 5.32 Å². The Kier molecular flexibility index (Phi) is 6.86. The fraction of sp³-hybridized carbons (Fsp3) is 0.556. The highest BCUT2D eigenvalue weighted by Crippen LogP contribution is 2.20. The number of benzene rings is 1. The van der Waals surface area contributed by atoms with Crippen LogP contribution in [0.15, 0.2) is 42.0 Å². The Morgan fingerprint density at radius 2 is 1.68 bits per heavy atom. The molecule has 1 aromatic carbocycles. The summed E-state index contributed by atoms with van der Waals surface area (Å²) in [7, 11) is 0. The molecule has 19 heavy (non-hydrogen) atoms. The summed E-state index contributed by atoms with van der Waals surface area (Å²) in [6.07, 6.45) is 2.42. The van der Waals surface area contributed by atoms with Crippen LogP contribution in [-0.4, -0.2) is 13.1 Å². The molecule has 0 aliphatic carbocycles. The minimum Gasteiger partial charge on any atom is -0.313 e. The minimum absolute atomic E-state index is 0.486. The van der Waals surface area contributed by atoms with Crippen LogP contribution in [0.4, 0.5) is 0 Å². The van der Waals surface area contributed by atoms with Gasteiger partial charge in [-0.25, -0.2) is 0 Å². The maximum absolute atomic E-state index is 3.55. The third kappa shape index (κ3) is 6.07. The van der Waals surface area contributed by atoms with Gasteiger partial charge in [0, 0.05) is 6.54 Å². The van der Waals surface area contributed by atoms with Crippen LogP contribution in [0, 0.1) is 11.8 Å². The summed E-state index contributed by atoms with van der Waals surface area (Å²) in [6, 6.07) is 10.7. The molecule has 1 unspecified atom stereocenters. The Balaban J connectivity index is 2.67. The normalized spacial score (nSPS) is 14.2. The second-order valence-corrected chi connectivity index (χ2v) is 6.12. The number of rotatable bonds is 7. The first-order chi connectivity index (χ1) is 9.00. The highest BCUT2D eigenvalue weighted by atomic mass is 14.9. The van der Waals surface area contributed by atoms with E-state index in [1.54, 1.807) is 0 Å². The number of allylic oxidation sites excluding steroid dienone is 1. The topological polar surface area (TPSA) is 12.0 Å². The molecule has 1 aromatic rings. The molecule has 1 rings (SSSR count). The molecule has 0 bridgehead atoms. The van der Waals surface area contributed by atoms with Gasteiger partial charge in [0.25, 0.3) is 0 Å². The fourth-order valence-corrected chi connectivity index (χ4v) is 2.13. The summed E-state index contributed by atoms with van der Waals surface area (Å²) in [5.41, 5.74) is 2.90. The molecule has 0 fully saturated rings. The molecule has 0 saturated heterocycles. The van der Waals surface area contributed by atoms with Crippen LogP contribution >= 0.6 is 0 Å². The van der Waals surface area contributed by atoms with Crippen LogP contribution in [0.1, 0.15) is 46.1 Å². The van der Waals surface area contributed by atoms with Crippen LogP contribution in [0.3, 0.4) is 0 Å². The summed E-state index contributed by atoms with van der Waals surface area (Å²) in [5.74, 6) is 1.80. The smallest absolute Gasteiger partial charge is 0.0167 e. The average molecular weight is 259 g/mol. The molecule has 1 atom stereocenters. The van der Waals surface area contributed by atoms with E-state index in [2.05, 4.69) is 76.3 Å². The summed E-state index contributed by atoms with van der Waals surface area (Å²) in [6.45, 7) is 13.4. The lowest BCUT2D eigenvalue weighted by molar-refractivity contribution is 0.555. The van der Waals surface area contributed by atoms with Crippen molar-refractivity contribution in [1.29, 1.82) is 0 Å². The van der Waals surface area contributed by atoms with Crippen molar-refractivity contribution in [3.05, 3.63) is 47.5 Å². The number of nitrogens with one attached hydrogen (secondary N) is 1. The first-order valence-corrected chi connectivity index (χ1v) is 7.47. The standard InChI is InChI=1S/C18H29N/c1-14(2)12-19-13-18(15(3)4)11-16(5)17-9-7-6-8-10-17/h6-11,14-16,19H,12-13H2,1-5H3/b18-11-. The lowest BCUT2D eigenvalue weighted by atomic mass is 9.94. The zero-order valence-corrected chi connectivity index (χ0v) is 13.1. The molecule has 0 aliphatic heterocycles. The predicted octanol–water partition coefficient (Wildman–Crippen LogP) is 4.62. The Morgan fingerprint density at radius 3 is 2.21 bits per heavy atom. The van der Waals surface area contributed by atoms with Crippen LogP contribution in [0.5, 0.6) is 0 Å². The molecule has 0 saturated carbocycles. The first-order valence-electron chi connectivity index (χ1n) is 7.47. The van der Waals surface area contributed by atoms with Gasteiger partial charge in [-0.3, -0.25) is 0 Å².